The van der Waals surface area contributed by atoms with Gasteiger partial charge in [0.15, 0.2) is 0 Å². The molecule has 4 rings (SSSR count). The minimum Gasteiger partial charge on any atom is -0.493 e. The van der Waals surface area contributed by atoms with Crippen molar-refractivity contribution in [1.82, 2.24) is 15.0 Å². The van der Waals surface area contributed by atoms with Crippen LogP contribution in [0, 0.1) is 11.7 Å². The topological polar surface area (TPSA) is 68.5 Å². The van der Waals surface area contributed by atoms with Crippen LogP contribution in [0.15, 0.2) is 47.0 Å². The van der Waals surface area contributed by atoms with E-state index in [0.717, 1.165) is 11.3 Å². The highest BCUT2D eigenvalue weighted by Gasteiger charge is 2.34. The third kappa shape index (κ3) is 5.05. The number of aromatic nitrogens is 2. The normalized spacial score (nSPS) is 16.4. The molecule has 1 aromatic heterocycles. The number of amides is 1. The lowest BCUT2D eigenvalue weighted by Crippen LogP contribution is -2.24. The van der Waals surface area contributed by atoms with Crippen molar-refractivity contribution in [3.8, 4) is 17.1 Å². The van der Waals surface area contributed by atoms with Gasteiger partial charge in [-0.3, -0.25) is 4.79 Å². The minimum atomic E-state index is -0.405. The van der Waals surface area contributed by atoms with Gasteiger partial charge in [0.05, 0.1) is 12.5 Å². The first kappa shape index (κ1) is 21.3. The van der Waals surface area contributed by atoms with Gasteiger partial charge in [-0.05, 0) is 47.9 Å². The summed E-state index contributed by atoms with van der Waals surface area (Å²) in [5, 5.41) is 4.38. The summed E-state index contributed by atoms with van der Waals surface area (Å²) in [7, 11) is 0. The van der Waals surface area contributed by atoms with Crippen LogP contribution >= 0.6 is 11.6 Å². The van der Waals surface area contributed by atoms with Crippen molar-refractivity contribution >= 4 is 17.5 Å². The average molecular weight is 444 g/mol. The number of carbonyl (C=O) groups is 1. The zero-order valence-electron chi connectivity index (χ0n) is 17.3. The Balaban J connectivity index is 1.41. The molecule has 1 fully saturated rings. The van der Waals surface area contributed by atoms with Gasteiger partial charge in [0.2, 0.25) is 17.6 Å². The van der Waals surface area contributed by atoms with Crippen molar-refractivity contribution in [1.29, 1.82) is 0 Å². The molecule has 162 valence electrons. The molecule has 0 N–H and O–H groups in total. The van der Waals surface area contributed by atoms with Crippen molar-refractivity contribution in [3.63, 3.8) is 0 Å². The first-order chi connectivity index (χ1) is 14.9. The molecule has 2 heterocycles. The van der Waals surface area contributed by atoms with Crippen LogP contribution in [0.4, 0.5) is 4.39 Å². The molecule has 1 unspecified atom stereocenters. The first-order valence-corrected chi connectivity index (χ1v) is 10.6. The molecule has 1 atom stereocenters. The van der Waals surface area contributed by atoms with Crippen molar-refractivity contribution < 1.29 is 18.4 Å². The predicted octanol–water partition coefficient (Wildman–Crippen LogP) is 5.08. The van der Waals surface area contributed by atoms with Gasteiger partial charge in [-0.1, -0.05) is 36.7 Å². The Morgan fingerprint density at radius 2 is 2.03 bits per heavy atom. The second-order valence-electron chi connectivity index (χ2n) is 8.10. The molecule has 0 spiro atoms. The monoisotopic (exact) mass is 443 g/mol. The van der Waals surface area contributed by atoms with E-state index in [0.29, 0.717) is 47.9 Å². The van der Waals surface area contributed by atoms with Gasteiger partial charge in [-0.25, -0.2) is 4.39 Å². The Hall–Kier alpha value is -2.93. The van der Waals surface area contributed by atoms with Gasteiger partial charge >= 0.3 is 0 Å². The molecule has 0 saturated carbocycles. The Morgan fingerprint density at radius 1 is 1.26 bits per heavy atom. The van der Waals surface area contributed by atoms with E-state index < -0.39 is 5.82 Å². The third-order valence-electron chi connectivity index (χ3n) is 5.08. The van der Waals surface area contributed by atoms with Crippen LogP contribution in [-0.2, 0) is 11.3 Å². The molecule has 2 aromatic carbocycles. The van der Waals surface area contributed by atoms with E-state index in [-0.39, 0.29) is 18.2 Å². The molecule has 0 bridgehead atoms. The van der Waals surface area contributed by atoms with Crippen molar-refractivity contribution in [2.24, 2.45) is 5.92 Å². The van der Waals surface area contributed by atoms with Crippen molar-refractivity contribution in [2.75, 3.05) is 13.2 Å². The summed E-state index contributed by atoms with van der Waals surface area (Å²) in [4.78, 5) is 18.6. The number of hydrogen-bond acceptors (Lipinski definition) is 5. The van der Waals surface area contributed by atoms with E-state index in [2.05, 4.69) is 24.0 Å². The third-order valence-corrected chi connectivity index (χ3v) is 5.43. The van der Waals surface area contributed by atoms with Crippen LogP contribution in [0.1, 0.15) is 37.6 Å². The van der Waals surface area contributed by atoms with E-state index in [1.807, 2.05) is 24.3 Å². The lowest BCUT2D eigenvalue weighted by molar-refractivity contribution is -0.128. The zero-order valence-corrected chi connectivity index (χ0v) is 18.1. The van der Waals surface area contributed by atoms with Crippen LogP contribution in [0.5, 0.6) is 5.75 Å². The van der Waals surface area contributed by atoms with Crippen LogP contribution in [0.25, 0.3) is 11.4 Å². The zero-order chi connectivity index (χ0) is 22.0. The number of ether oxygens (including phenoxy) is 1. The molecule has 0 aliphatic carbocycles. The molecular formula is C23H23ClFN3O3. The maximum Gasteiger partial charge on any atom is 0.232 e. The van der Waals surface area contributed by atoms with Gasteiger partial charge in [0.1, 0.15) is 11.6 Å². The van der Waals surface area contributed by atoms with E-state index in [1.54, 1.807) is 11.0 Å². The predicted molar refractivity (Wildman–Crippen MR) is 114 cm³/mol. The van der Waals surface area contributed by atoms with Crippen LogP contribution in [0.2, 0.25) is 5.02 Å². The smallest absolute Gasteiger partial charge is 0.232 e. The maximum absolute atomic E-state index is 13.3. The molecule has 3 aromatic rings. The molecule has 8 heteroatoms. The lowest BCUT2D eigenvalue weighted by atomic mass is 10.1. The van der Waals surface area contributed by atoms with Gasteiger partial charge in [-0.2, -0.15) is 4.98 Å². The average Bonchev–Trinajstić information content (AvgIpc) is 3.36. The summed E-state index contributed by atoms with van der Waals surface area (Å²) in [6.07, 6.45) is 0.280. The summed E-state index contributed by atoms with van der Waals surface area (Å²) in [5.74, 6) is 1.51. The highest BCUT2D eigenvalue weighted by molar-refractivity contribution is 6.31. The summed E-state index contributed by atoms with van der Waals surface area (Å²) in [6.45, 7) is 5.60. The maximum atomic E-state index is 13.3. The van der Waals surface area contributed by atoms with E-state index in [1.165, 1.54) is 12.1 Å². The molecule has 1 amide bonds. The highest BCUT2D eigenvalue weighted by Crippen LogP contribution is 2.31. The number of carbonyl (C=O) groups excluding carboxylic acids is 1. The highest BCUT2D eigenvalue weighted by atomic mass is 35.5. The number of benzene rings is 2. The SMILES string of the molecule is CC(C)COc1ccc(-c2noc(C3CC(=O)N(Cc4ccc(F)cc4Cl)C3)n2)cc1. The fraction of sp³-hybridized carbons (Fsp3) is 0.348. The van der Waals surface area contributed by atoms with Gasteiger partial charge < -0.3 is 14.2 Å². The summed E-state index contributed by atoms with van der Waals surface area (Å²) < 4.78 is 24.4. The summed E-state index contributed by atoms with van der Waals surface area (Å²) >= 11 is 6.10. The van der Waals surface area contributed by atoms with Gasteiger partial charge in [0.25, 0.3) is 0 Å². The number of likely N-dealkylation sites (tertiary alicyclic amines) is 1. The minimum absolute atomic E-state index is 0.0307. The van der Waals surface area contributed by atoms with E-state index in [4.69, 9.17) is 20.9 Å². The van der Waals surface area contributed by atoms with Crippen LogP contribution in [0.3, 0.4) is 0 Å². The Kier molecular flexibility index (Phi) is 6.23. The quantitative estimate of drug-likeness (QED) is 0.509. The molecule has 1 aliphatic rings. The van der Waals surface area contributed by atoms with Crippen molar-refractivity contribution in [3.05, 3.63) is 64.8 Å². The first-order valence-electron chi connectivity index (χ1n) is 10.2. The number of rotatable bonds is 7. The van der Waals surface area contributed by atoms with E-state index in [9.17, 15) is 9.18 Å². The number of halogens is 2. The van der Waals surface area contributed by atoms with Crippen LogP contribution < -0.4 is 4.74 Å². The van der Waals surface area contributed by atoms with Crippen LogP contribution in [-0.4, -0.2) is 34.1 Å². The fourth-order valence-electron chi connectivity index (χ4n) is 3.43. The molecule has 1 aliphatic heterocycles. The van der Waals surface area contributed by atoms with Gasteiger partial charge in [0, 0.05) is 30.1 Å². The number of nitrogens with zero attached hydrogens (tertiary/aromatic N) is 3. The molecule has 1 saturated heterocycles. The second kappa shape index (κ2) is 9.06. The second-order valence-corrected chi connectivity index (χ2v) is 8.50. The summed E-state index contributed by atoms with van der Waals surface area (Å²) in [6, 6.07) is 11.7. The largest absolute Gasteiger partial charge is 0.493 e. The Bertz CT molecular complexity index is 1070. The fourth-order valence-corrected chi connectivity index (χ4v) is 3.65. The molecule has 0 radical (unpaired) electrons. The molecule has 31 heavy (non-hydrogen) atoms. The number of hydrogen-bond donors (Lipinski definition) is 0. The molecular weight excluding hydrogens is 421 g/mol. The van der Waals surface area contributed by atoms with Crippen molar-refractivity contribution in [2.45, 2.75) is 32.7 Å². The Labute approximate surface area is 185 Å². The molecule has 6 nitrogen and oxygen atoms in total. The summed E-state index contributed by atoms with van der Waals surface area (Å²) in [5.41, 5.74) is 1.51. The standard InChI is InChI=1S/C23H23ClFN3O3/c1-14(2)13-30-19-7-4-15(5-8-19)22-26-23(31-27-22)17-9-21(29)28(12-17)11-16-3-6-18(25)10-20(16)24/h3-8,10,14,17H,9,11-13H2,1-2H3. The Morgan fingerprint density at radius 3 is 2.74 bits per heavy atom. The van der Waals surface area contributed by atoms with Gasteiger partial charge in [-0.15, -0.1) is 0 Å². The lowest BCUT2D eigenvalue weighted by Gasteiger charge is -2.17. The van der Waals surface area contributed by atoms with E-state index >= 15 is 0 Å².